The van der Waals surface area contributed by atoms with Crippen LogP contribution in [-0.2, 0) is 5.92 Å². The molecule has 5 heteroatoms. The molecule has 1 aromatic rings. The molecule has 0 spiro atoms. The molecule has 1 aromatic heterocycles. The Bertz CT molecular complexity index is 335. The smallest absolute Gasteiger partial charge is 0.326 e. The van der Waals surface area contributed by atoms with E-state index in [1.165, 1.54) is 17.0 Å². The molecule has 0 unspecified atom stereocenters. The number of alkyl halides is 2. The summed E-state index contributed by atoms with van der Waals surface area (Å²) >= 11 is 0. The van der Waals surface area contributed by atoms with E-state index in [9.17, 15) is 8.78 Å². The fourth-order valence-corrected chi connectivity index (χ4v) is 1.02. The van der Waals surface area contributed by atoms with Crippen LogP contribution in [0.5, 0.6) is 0 Å². The molecule has 1 heterocycles. The number of aromatic nitrogens is 2. The van der Waals surface area contributed by atoms with Crippen molar-refractivity contribution in [3.8, 4) is 6.07 Å². The van der Waals surface area contributed by atoms with Gasteiger partial charge in [0.1, 0.15) is 6.07 Å². The van der Waals surface area contributed by atoms with Crippen LogP contribution in [0.25, 0.3) is 0 Å². The lowest BCUT2D eigenvalue weighted by Gasteiger charge is -2.13. The zero-order valence-corrected chi connectivity index (χ0v) is 7.33. The van der Waals surface area contributed by atoms with Crippen LogP contribution < -0.4 is 0 Å². The van der Waals surface area contributed by atoms with Crippen LogP contribution in [0.15, 0.2) is 12.4 Å². The minimum atomic E-state index is -3.51. The van der Waals surface area contributed by atoms with E-state index in [-0.39, 0.29) is 6.04 Å². The summed E-state index contributed by atoms with van der Waals surface area (Å²) in [6.45, 7) is 3.50. The maximum absolute atomic E-state index is 12.9. The Morgan fingerprint density at radius 3 is 2.69 bits per heavy atom. The Hall–Kier alpha value is -1.44. The number of nitrogens with zero attached hydrogens (tertiary/aromatic N) is 3. The van der Waals surface area contributed by atoms with Gasteiger partial charge in [-0.25, -0.2) is 4.98 Å². The first kappa shape index (κ1) is 9.65. The molecule has 0 atom stereocenters. The van der Waals surface area contributed by atoms with Crippen molar-refractivity contribution in [1.29, 1.82) is 5.26 Å². The highest BCUT2D eigenvalue weighted by molar-refractivity contribution is 5.11. The minimum absolute atomic E-state index is 0.128. The van der Waals surface area contributed by atoms with E-state index in [1.54, 1.807) is 13.8 Å². The first-order valence-corrected chi connectivity index (χ1v) is 3.81. The van der Waals surface area contributed by atoms with E-state index < -0.39 is 11.7 Å². The Labute approximate surface area is 74.6 Å². The Morgan fingerprint density at radius 2 is 2.23 bits per heavy atom. The SMILES string of the molecule is CC(C)n1ccnc1C(F)(F)C#N. The number of nitriles is 1. The molecular weight excluding hydrogens is 176 g/mol. The molecular formula is C8H9F2N3. The summed E-state index contributed by atoms with van der Waals surface area (Å²) in [7, 11) is 0. The van der Waals surface area contributed by atoms with E-state index in [2.05, 4.69) is 4.98 Å². The quantitative estimate of drug-likeness (QED) is 0.707. The van der Waals surface area contributed by atoms with Crippen molar-refractivity contribution in [3.05, 3.63) is 18.2 Å². The maximum Gasteiger partial charge on any atom is 0.388 e. The largest absolute Gasteiger partial charge is 0.388 e. The van der Waals surface area contributed by atoms with Gasteiger partial charge in [0.2, 0.25) is 0 Å². The fraction of sp³-hybridized carbons (Fsp3) is 0.500. The normalized spacial score (nSPS) is 11.7. The van der Waals surface area contributed by atoms with Gasteiger partial charge in [-0.15, -0.1) is 0 Å². The Balaban J connectivity index is 3.16. The van der Waals surface area contributed by atoms with Gasteiger partial charge in [0.15, 0.2) is 5.82 Å². The number of rotatable bonds is 2. The monoisotopic (exact) mass is 185 g/mol. The molecule has 0 saturated carbocycles. The third-order valence-corrected chi connectivity index (χ3v) is 1.65. The summed E-state index contributed by atoms with van der Waals surface area (Å²) in [6.07, 6.45) is 2.70. The van der Waals surface area contributed by atoms with Crippen LogP contribution >= 0.6 is 0 Å². The number of imidazole rings is 1. The average molecular weight is 185 g/mol. The molecule has 70 valence electrons. The second-order valence-corrected chi connectivity index (χ2v) is 2.94. The van der Waals surface area contributed by atoms with Gasteiger partial charge in [-0.3, -0.25) is 0 Å². The van der Waals surface area contributed by atoms with E-state index in [0.29, 0.717) is 0 Å². The van der Waals surface area contributed by atoms with E-state index >= 15 is 0 Å². The lowest BCUT2D eigenvalue weighted by atomic mass is 10.3. The van der Waals surface area contributed by atoms with Gasteiger partial charge in [0, 0.05) is 18.4 Å². The molecule has 0 aliphatic heterocycles. The van der Waals surface area contributed by atoms with Crippen LogP contribution in [0.2, 0.25) is 0 Å². The third kappa shape index (κ3) is 1.66. The van der Waals surface area contributed by atoms with Crippen molar-refractivity contribution in [1.82, 2.24) is 9.55 Å². The van der Waals surface area contributed by atoms with Crippen molar-refractivity contribution in [2.24, 2.45) is 0 Å². The summed E-state index contributed by atoms with van der Waals surface area (Å²) in [5, 5.41) is 8.22. The topological polar surface area (TPSA) is 41.6 Å². The maximum atomic E-state index is 12.9. The van der Waals surface area contributed by atoms with E-state index in [0.717, 1.165) is 6.07 Å². The van der Waals surface area contributed by atoms with Gasteiger partial charge in [-0.2, -0.15) is 14.0 Å². The van der Waals surface area contributed by atoms with Crippen LogP contribution in [0, 0.1) is 11.3 Å². The number of halogens is 2. The lowest BCUT2D eigenvalue weighted by molar-refractivity contribution is 0.0458. The van der Waals surface area contributed by atoms with Crippen molar-refractivity contribution in [2.45, 2.75) is 25.8 Å². The first-order chi connectivity index (χ1) is 5.99. The van der Waals surface area contributed by atoms with Crippen LogP contribution in [0.4, 0.5) is 8.78 Å². The Morgan fingerprint density at radius 1 is 1.62 bits per heavy atom. The predicted octanol–water partition coefficient (Wildman–Crippen LogP) is 2.08. The van der Waals surface area contributed by atoms with Gasteiger partial charge in [-0.05, 0) is 13.8 Å². The van der Waals surface area contributed by atoms with Crippen molar-refractivity contribution in [2.75, 3.05) is 0 Å². The molecule has 3 nitrogen and oxygen atoms in total. The van der Waals surface area contributed by atoms with Crippen molar-refractivity contribution < 1.29 is 8.78 Å². The molecule has 0 aliphatic carbocycles. The molecule has 0 radical (unpaired) electrons. The summed E-state index contributed by atoms with van der Waals surface area (Å²) < 4.78 is 27.1. The average Bonchev–Trinajstić information content (AvgIpc) is 2.52. The molecule has 0 aromatic carbocycles. The van der Waals surface area contributed by atoms with E-state index in [4.69, 9.17) is 5.26 Å². The molecule has 0 aliphatic rings. The van der Waals surface area contributed by atoms with Crippen LogP contribution in [-0.4, -0.2) is 9.55 Å². The van der Waals surface area contributed by atoms with Gasteiger partial charge in [0.05, 0.1) is 0 Å². The highest BCUT2D eigenvalue weighted by Crippen LogP contribution is 2.26. The molecule has 0 bridgehead atoms. The standard InChI is InChI=1S/C8H9F2N3/c1-6(2)13-4-3-12-7(13)8(9,10)5-11/h3-4,6H,1-2H3. The van der Waals surface area contributed by atoms with Crippen molar-refractivity contribution >= 4 is 0 Å². The van der Waals surface area contributed by atoms with Gasteiger partial charge in [-0.1, -0.05) is 0 Å². The van der Waals surface area contributed by atoms with Crippen LogP contribution in [0.1, 0.15) is 25.7 Å². The number of hydrogen-bond acceptors (Lipinski definition) is 2. The summed E-state index contributed by atoms with van der Waals surface area (Å²) in [6, 6.07) is 0.794. The minimum Gasteiger partial charge on any atom is -0.326 e. The molecule has 1 rings (SSSR count). The predicted molar refractivity (Wildman–Crippen MR) is 42.1 cm³/mol. The zero-order valence-electron chi connectivity index (χ0n) is 7.33. The highest BCUT2D eigenvalue weighted by atomic mass is 19.3. The summed E-state index contributed by atoms with van der Waals surface area (Å²) in [4.78, 5) is 3.47. The van der Waals surface area contributed by atoms with Gasteiger partial charge in [0.25, 0.3) is 0 Å². The van der Waals surface area contributed by atoms with Crippen LogP contribution in [0.3, 0.4) is 0 Å². The summed E-state index contributed by atoms with van der Waals surface area (Å²) in [5.74, 6) is -4.00. The van der Waals surface area contributed by atoms with E-state index in [1.807, 2.05) is 0 Å². The molecule has 13 heavy (non-hydrogen) atoms. The Kier molecular flexibility index (Phi) is 2.32. The van der Waals surface area contributed by atoms with Gasteiger partial charge >= 0.3 is 5.92 Å². The molecule has 0 fully saturated rings. The first-order valence-electron chi connectivity index (χ1n) is 3.81. The summed E-state index contributed by atoms with van der Waals surface area (Å²) in [5.41, 5.74) is 0. The third-order valence-electron chi connectivity index (χ3n) is 1.65. The number of hydrogen-bond donors (Lipinski definition) is 0. The molecule has 0 saturated heterocycles. The fourth-order valence-electron chi connectivity index (χ4n) is 1.02. The molecule has 0 N–H and O–H groups in total. The lowest BCUT2D eigenvalue weighted by Crippen LogP contribution is -2.18. The highest BCUT2D eigenvalue weighted by Gasteiger charge is 2.36. The molecule has 0 amide bonds. The zero-order chi connectivity index (χ0) is 10.1. The van der Waals surface area contributed by atoms with Gasteiger partial charge < -0.3 is 4.57 Å². The second-order valence-electron chi connectivity index (χ2n) is 2.94. The second kappa shape index (κ2) is 3.13. The van der Waals surface area contributed by atoms with Crippen molar-refractivity contribution in [3.63, 3.8) is 0 Å².